The van der Waals surface area contributed by atoms with Gasteiger partial charge in [0, 0.05) is 23.8 Å². The highest BCUT2D eigenvalue weighted by Crippen LogP contribution is 2.46. The Balaban J connectivity index is 0.000000190. The predicted octanol–water partition coefficient (Wildman–Crippen LogP) is 10.3. The van der Waals surface area contributed by atoms with E-state index in [-0.39, 0.29) is 49.0 Å². The minimum atomic E-state index is -4.92. The second-order valence-electron chi connectivity index (χ2n) is 21.8. The molecule has 22 heteroatoms. The van der Waals surface area contributed by atoms with E-state index in [0.29, 0.717) is 48.2 Å². The molecule has 78 heavy (non-hydrogen) atoms. The molecule has 0 bridgehead atoms. The van der Waals surface area contributed by atoms with Gasteiger partial charge in [0.15, 0.2) is 19.7 Å². The molecule has 0 saturated heterocycles. The molecular formula is C56H60F6N6O8S2. The summed E-state index contributed by atoms with van der Waals surface area (Å²) in [7, 11) is -8.97. The number of nitriles is 2. The Labute approximate surface area is 449 Å². The number of aryl methyl sites for hydroxylation is 2. The van der Waals surface area contributed by atoms with Gasteiger partial charge in [-0.25, -0.2) is 16.8 Å². The molecule has 6 atom stereocenters. The first kappa shape index (κ1) is 56.8. The summed E-state index contributed by atoms with van der Waals surface area (Å²) in [5.74, 6) is -2.70. The maximum atomic E-state index is 14.2. The van der Waals surface area contributed by atoms with Gasteiger partial charge in [-0.2, -0.15) is 36.9 Å². The summed E-state index contributed by atoms with van der Waals surface area (Å²) >= 11 is 0. The van der Waals surface area contributed by atoms with Crippen LogP contribution in [0.15, 0.2) is 82.8 Å². The van der Waals surface area contributed by atoms with Crippen molar-refractivity contribution in [3.05, 3.63) is 95.6 Å². The molecule has 6 saturated carbocycles. The van der Waals surface area contributed by atoms with Gasteiger partial charge in [0.05, 0.1) is 79.8 Å². The summed E-state index contributed by atoms with van der Waals surface area (Å²) in [4.78, 5) is 32.9. The van der Waals surface area contributed by atoms with Crippen LogP contribution >= 0.6 is 0 Å². The third kappa shape index (κ3) is 12.4. The zero-order valence-corrected chi connectivity index (χ0v) is 44.6. The van der Waals surface area contributed by atoms with Crippen LogP contribution in [0.25, 0.3) is 22.3 Å². The summed E-state index contributed by atoms with van der Waals surface area (Å²) in [5.41, 5.74) is -1.71. The lowest BCUT2D eigenvalue weighted by Gasteiger charge is -2.24. The lowest BCUT2D eigenvalue weighted by Crippen LogP contribution is -2.43. The third-order valence-electron chi connectivity index (χ3n) is 16.1. The number of pyridine rings is 2. The highest BCUT2D eigenvalue weighted by atomic mass is 32.2. The predicted molar refractivity (Wildman–Crippen MR) is 272 cm³/mol. The Morgan fingerprint density at radius 1 is 0.564 bits per heavy atom. The van der Waals surface area contributed by atoms with Crippen LogP contribution in [0.2, 0.25) is 0 Å². The van der Waals surface area contributed by atoms with E-state index in [1.807, 2.05) is 0 Å². The molecule has 14 nitrogen and oxygen atoms in total. The van der Waals surface area contributed by atoms with Crippen LogP contribution in [0.1, 0.15) is 125 Å². The number of benzene rings is 2. The number of carbonyl (C=O) groups excluding carboxylic acids is 2. The van der Waals surface area contributed by atoms with E-state index >= 15 is 0 Å². The number of alkyl halides is 6. The van der Waals surface area contributed by atoms with Crippen molar-refractivity contribution in [2.45, 2.75) is 185 Å². The van der Waals surface area contributed by atoms with E-state index in [1.165, 1.54) is 24.5 Å². The Bertz CT molecular complexity index is 3030. The van der Waals surface area contributed by atoms with Gasteiger partial charge in [-0.15, -0.1) is 0 Å². The Morgan fingerprint density at radius 2 is 0.910 bits per heavy atom. The number of amides is 2. The lowest BCUT2D eigenvalue weighted by atomic mass is 10.0. The van der Waals surface area contributed by atoms with Crippen LogP contribution in [-0.4, -0.2) is 84.6 Å². The molecule has 2 heterocycles. The summed E-state index contributed by atoms with van der Waals surface area (Å²) in [6, 6.07) is 17.0. The van der Waals surface area contributed by atoms with Gasteiger partial charge in [0.25, 0.3) is 0 Å². The van der Waals surface area contributed by atoms with Gasteiger partial charge in [-0.1, -0.05) is 37.8 Å². The standard InChI is InChI=1S/2C28H30F3N3O4S/c2*1-17-12-19(8-11-33-17)18-6-7-25(23(13-18)28(29,30)31)39(36,37)21-14-22(26(35)34-27(16-32)9-10-27)24(15-21)38-20-4-2-3-5-20/h2*6-8,11-13,20-22,24H,2-5,9-10,14-15H2,1H3,(H,34,35)/t2*21-,22-,24-/m11/s1. The van der Waals surface area contributed by atoms with Crippen LogP contribution in [-0.2, 0) is 51.1 Å². The van der Waals surface area contributed by atoms with E-state index in [0.717, 1.165) is 75.6 Å². The van der Waals surface area contributed by atoms with Gasteiger partial charge >= 0.3 is 12.4 Å². The van der Waals surface area contributed by atoms with Crippen LogP contribution in [0.3, 0.4) is 0 Å². The van der Waals surface area contributed by atoms with Gasteiger partial charge in [0.2, 0.25) is 11.8 Å². The summed E-state index contributed by atoms with van der Waals surface area (Å²) in [6.45, 7) is 3.43. The SMILES string of the molecule is Cc1cc(-c2ccc(S(=O)(=O)[C@H]3C[C@@H](OC4CCCC4)[C@H](C(=O)NC4(C#N)CC4)C3)c(C(F)(F)F)c2)ccn1.Cc1cc(-c2ccc(S(=O)(=O)[C@H]3C[C@@H](OC4CCCC4)[C@H](C(=O)NC4(C#N)CC4)C3)c(C(F)(F)F)c2)ccn1. The first-order chi connectivity index (χ1) is 36.8. The monoisotopic (exact) mass is 1120 g/mol. The van der Waals surface area contributed by atoms with Crippen molar-refractivity contribution in [1.29, 1.82) is 10.5 Å². The van der Waals surface area contributed by atoms with Crippen molar-refractivity contribution in [2.75, 3.05) is 0 Å². The van der Waals surface area contributed by atoms with E-state index in [1.54, 1.807) is 38.1 Å². The van der Waals surface area contributed by atoms with Crippen LogP contribution < -0.4 is 10.6 Å². The molecular weight excluding hydrogens is 1060 g/mol. The highest BCUT2D eigenvalue weighted by Gasteiger charge is 2.54. The molecule has 4 aromatic rings. The Morgan fingerprint density at radius 3 is 1.22 bits per heavy atom. The number of sulfone groups is 2. The number of carbonyl (C=O) groups is 2. The highest BCUT2D eigenvalue weighted by molar-refractivity contribution is 7.92. The van der Waals surface area contributed by atoms with Crippen molar-refractivity contribution in [2.24, 2.45) is 11.8 Å². The Kier molecular flexibility index (Phi) is 16.0. The van der Waals surface area contributed by atoms with E-state index < -0.39 is 110 Å². The van der Waals surface area contributed by atoms with Crippen LogP contribution in [0.4, 0.5) is 26.3 Å². The van der Waals surface area contributed by atoms with Gasteiger partial charge in [-0.05, 0) is 162 Å². The number of aromatic nitrogens is 2. The van der Waals surface area contributed by atoms with E-state index in [9.17, 15) is 63.3 Å². The molecule has 0 spiro atoms. The molecule has 6 fully saturated rings. The molecule has 416 valence electrons. The van der Waals surface area contributed by atoms with Crippen LogP contribution in [0.5, 0.6) is 0 Å². The zero-order chi connectivity index (χ0) is 56.0. The van der Waals surface area contributed by atoms with Crippen LogP contribution in [0, 0.1) is 48.3 Å². The number of halogens is 6. The first-order valence-electron chi connectivity index (χ1n) is 26.4. The quantitative estimate of drug-likeness (QED) is 0.113. The molecule has 0 radical (unpaired) electrons. The minimum Gasteiger partial charge on any atom is -0.374 e. The van der Waals surface area contributed by atoms with Gasteiger partial charge in [-0.3, -0.25) is 19.6 Å². The fraction of sp³-hybridized carbons (Fsp3) is 0.536. The fourth-order valence-corrected chi connectivity index (χ4v) is 15.4. The lowest BCUT2D eigenvalue weighted by molar-refractivity contribution is -0.140. The smallest absolute Gasteiger partial charge is 0.374 e. The normalized spacial score (nSPS) is 24.8. The Hall–Kier alpha value is -5.94. The number of hydrogen-bond acceptors (Lipinski definition) is 12. The first-order valence-corrected chi connectivity index (χ1v) is 29.5. The van der Waals surface area contributed by atoms with Gasteiger partial charge < -0.3 is 20.1 Å². The molecule has 2 N–H and O–H groups in total. The molecule has 10 rings (SSSR count). The van der Waals surface area contributed by atoms with Gasteiger partial charge in [0.1, 0.15) is 11.1 Å². The average molecular weight is 1120 g/mol. The minimum absolute atomic E-state index is 0.0843. The third-order valence-corrected chi connectivity index (χ3v) is 20.6. The van der Waals surface area contributed by atoms with Crippen molar-refractivity contribution < 1.29 is 62.2 Å². The maximum Gasteiger partial charge on any atom is 0.417 e. The number of hydrogen-bond donors (Lipinski definition) is 2. The maximum absolute atomic E-state index is 14.2. The summed E-state index contributed by atoms with van der Waals surface area (Å²) in [6.07, 6.45) is -0.0686. The van der Waals surface area contributed by atoms with Crippen molar-refractivity contribution in [1.82, 2.24) is 20.6 Å². The molecule has 0 aliphatic heterocycles. The summed E-state index contributed by atoms with van der Waals surface area (Å²) < 4.78 is 153. The molecule has 6 aliphatic carbocycles. The second kappa shape index (κ2) is 21.9. The molecule has 6 aliphatic rings. The largest absolute Gasteiger partial charge is 0.417 e. The number of rotatable bonds is 14. The molecule has 0 unspecified atom stereocenters. The van der Waals surface area contributed by atoms with Crippen molar-refractivity contribution >= 4 is 31.5 Å². The van der Waals surface area contributed by atoms with Crippen molar-refractivity contribution in [3.63, 3.8) is 0 Å². The topological polar surface area (TPSA) is 218 Å². The number of nitrogens with one attached hydrogen (secondary N) is 2. The number of nitrogens with zero attached hydrogens (tertiary/aromatic N) is 4. The van der Waals surface area contributed by atoms with E-state index in [4.69, 9.17) is 9.47 Å². The number of ether oxygens (including phenoxy) is 2. The van der Waals surface area contributed by atoms with Crippen molar-refractivity contribution in [3.8, 4) is 34.4 Å². The molecule has 2 aromatic heterocycles. The molecule has 2 aromatic carbocycles. The molecule has 2 amide bonds. The zero-order valence-electron chi connectivity index (χ0n) is 43.0. The van der Waals surface area contributed by atoms with E-state index in [2.05, 4.69) is 32.7 Å². The second-order valence-corrected chi connectivity index (χ2v) is 26.2. The summed E-state index contributed by atoms with van der Waals surface area (Å²) in [5, 5.41) is 21.8. The fourth-order valence-electron chi connectivity index (χ4n) is 11.4. The average Bonchev–Trinajstić information content (AvgIpc) is 3.96.